The molecule has 0 aromatic heterocycles. The van der Waals surface area contributed by atoms with Gasteiger partial charge in [-0.15, -0.1) is 0 Å². The van der Waals surface area contributed by atoms with Gasteiger partial charge in [0.05, 0.1) is 28.0 Å². The molecule has 3 heterocycles. The Balaban J connectivity index is 1.32. The van der Waals surface area contributed by atoms with E-state index in [1.165, 1.54) is 6.42 Å². The molecular formula is C29H29Cl2N3O4. The Labute approximate surface area is 231 Å². The highest BCUT2D eigenvalue weighted by Gasteiger charge is 2.72. The second-order valence-corrected chi connectivity index (χ2v) is 11.4. The molecule has 3 amide bonds. The Bertz CT molecular complexity index is 1300. The molecule has 198 valence electrons. The van der Waals surface area contributed by atoms with Gasteiger partial charge < -0.3 is 20.3 Å². The zero-order valence-corrected chi connectivity index (χ0v) is 22.3. The number of hydrogen-bond acceptors (Lipinski definition) is 4. The molecule has 0 radical (unpaired) electrons. The van der Waals surface area contributed by atoms with Gasteiger partial charge in [0.25, 0.3) is 0 Å². The Morgan fingerprint density at radius 1 is 1.00 bits per heavy atom. The molecule has 3 fully saturated rings. The Kier molecular flexibility index (Phi) is 6.70. The quantitative estimate of drug-likeness (QED) is 0.506. The molecule has 1 aliphatic carbocycles. The van der Waals surface area contributed by atoms with E-state index in [-0.39, 0.29) is 30.3 Å². The highest BCUT2D eigenvalue weighted by Crippen LogP contribution is 2.55. The average molecular weight is 554 g/mol. The van der Waals surface area contributed by atoms with Crippen LogP contribution in [0, 0.1) is 11.8 Å². The second-order valence-electron chi connectivity index (χ2n) is 10.6. The number of hydrogen-bond donors (Lipinski definition) is 2. The van der Waals surface area contributed by atoms with Gasteiger partial charge in [0.1, 0.15) is 11.6 Å². The lowest BCUT2D eigenvalue weighted by Crippen LogP contribution is -2.56. The molecule has 2 aromatic carbocycles. The van der Waals surface area contributed by atoms with Crippen LogP contribution in [0.15, 0.2) is 60.7 Å². The van der Waals surface area contributed by atoms with E-state index in [1.54, 1.807) is 23.1 Å². The third-order valence-corrected chi connectivity index (χ3v) is 9.00. The summed E-state index contributed by atoms with van der Waals surface area (Å²) in [4.78, 5) is 43.1. The predicted molar refractivity (Wildman–Crippen MR) is 145 cm³/mol. The number of nitrogens with one attached hydrogen (secondary N) is 2. The minimum Gasteiger partial charge on any atom is -0.359 e. The maximum atomic E-state index is 14.1. The molecule has 7 nitrogen and oxygen atoms in total. The van der Waals surface area contributed by atoms with Crippen LogP contribution >= 0.6 is 23.2 Å². The zero-order valence-electron chi connectivity index (χ0n) is 20.7. The lowest BCUT2D eigenvalue weighted by Gasteiger charge is -2.34. The van der Waals surface area contributed by atoms with Crippen LogP contribution in [0.1, 0.15) is 37.7 Å². The summed E-state index contributed by atoms with van der Waals surface area (Å²) in [6.07, 6.45) is 8.22. The van der Waals surface area contributed by atoms with Crippen LogP contribution in [0.25, 0.3) is 0 Å². The molecule has 2 N–H and O–H groups in total. The monoisotopic (exact) mass is 553 g/mol. The van der Waals surface area contributed by atoms with Crippen LogP contribution in [0.4, 0.5) is 5.69 Å². The van der Waals surface area contributed by atoms with Gasteiger partial charge in [0.2, 0.25) is 17.7 Å². The fourth-order valence-corrected chi connectivity index (χ4v) is 6.84. The third kappa shape index (κ3) is 4.31. The van der Waals surface area contributed by atoms with Crippen molar-refractivity contribution in [3.63, 3.8) is 0 Å². The number of ether oxygens (including phenoxy) is 1. The number of nitrogens with zero attached hydrogens (tertiary/aromatic N) is 1. The van der Waals surface area contributed by atoms with E-state index >= 15 is 0 Å². The number of fused-ring (bicyclic) bond motifs is 1. The van der Waals surface area contributed by atoms with E-state index in [2.05, 4.69) is 10.6 Å². The zero-order chi connectivity index (χ0) is 26.4. The molecule has 0 unspecified atom stereocenters. The third-order valence-electron chi connectivity index (χ3n) is 8.26. The largest absolute Gasteiger partial charge is 0.359 e. The van der Waals surface area contributed by atoms with Gasteiger partial charge >= 0.3 is 0 Å². The molecule has 4 aliphatic rings. The summed E-state index contributed by atoms with van der Waals surface area (Å²) in [6.45, 7) is 0.254. The second kappa shape index (κ2) is 10.0. The maximum absolute atomic E-state index is 14.1. The topological polar surface area (TPSA) is 87.7 Å². The van der Waals surface area contributed by atoms with Gasteiger partial charge in [-0.2, -0.15) is 0 Å². The molecule has 2 bridgehead atoms. The van der Waals surface area contributed by atoms with Crippen molar-refractivity contribution in [2.45, 2.75) is 62.4 Å². The van der Waals surface area contributed by atoms with Crippen molar-refractivity contribution in [1.29, 1.82) is 0 Å². The number of likely N-dealkylation sites (tertiary alicyclic amines) is 1. The molecule has 2 aromatic rings. The lowest BCUT2D eigenvalue weighted by molar-refractivity contribution is -0.142. The summed E-state index contributed by atoms with van der Waals surface area (Å²) in [6, 6.07) is 13.6. The molecule has 6 rings (SSSR count). The standard InChI is InChI=1S/C29H29Cl2N3O4/c30-20-12-11-19(15-21(20)31)33-26(35)23-22-13-14-29(38-22)24(23)28(37)34(16-17-7-3-1-4-8-17)25(29)27(36)32-18-9-5-2-6-10-18/h1,3-4,7-8,11-15,18,22-25H,2,5-6,9-10,16H2,(H,32,36)(H,33,35)/t22-,23+,24-,25+,29-/m0/s1. The van der Waals surface area contributed by atoms with Gasteiger partial charge in [-0.3, -0.25) is 14.4 Å². The number of amides is 3. The van der Waals surface area contributed by atoms with Gasteiger partial charge in [-0.1, -0.05) is 84.9 Å². The van der Waals surface area contributed by atoms with Crippen molar-refractivity contribution in [1.82, 2.24) is 10.2 Å². The van der Waals surface area contributed by atoms with Crippen molar-refractivity contribution >= 4 is 46.6 Å². The van der Waals surface area contributed by atoms with E-state index in [0.717, 1.165) is 31.2 Å². The summed E-state index contributed by atoms with van der Waals surface area (Å²) in [5.41, 5.74) is 0.181. The summed E-state index contributed by atoms with van der Waals surface area (Å²) in [5, 5.41) is 6.78. The van der Waals surface area contributed by atoms with Crippen LogP contribution in [0.2, 0.25) is 10.0 Å². The summed E-state index contributed by atoms with van der Waals surface area (Å²) in [5.74, 6) is -2.43. The molecule has 1 saturated carbocycles. The molecular weight excluding hydrogens is 525 g/mol. The van der Waals surface area contributed by atoms with E-state index in [0.29, 0.717) is 15.7 Å². The highest BCUT2D eigenvalue weighted by molar-refractivity contribution is 6.42. The van der Waals surface area contributed by atoms with Crippen LogP contribution < -0.4 is 10.6 Å². The van der Waals surface area contributed by atoms with E-state index in [4.69, 9.17) is 27.9 Å². The van der Waals surface area contributed by atoms with Gasteiger partial charge in [0.15, 0.2) is 0 Å². The van der Waals surface area contributed by atoms with Crippen LogP contribution in [-0.4, -0.2) is 46.4 Å². The maximum Gasteiger partial charge on any atom is 0.246 e. The van der Waals surface area contributed by atoms with E-state index in [1.807, 2.05) is 42.5 Å². The molecule has 2 saturated heterocycles. The Hall–Kier alpha value is -2.87. The highest BCUT2D eigenvalue weighted by atomic mass is 35.5. The van der Waals surface area contributed by atoms with Crippen LogP contribution in [-0.2, 0) is 25.7 Å². The van der Waals surface area contributed by atoms with E-state index < -0.39 is 29.6 Å². The van der Waals surface area contributed by atoms with Crippen molar-refractivity contribution < 1.29 is 19.1 Å². The van der Waals surface area contributed by atoms with Gasteiger partial charge in [-0.25, -0.2) is 0 Å². The first-order valence-electron chi connectivity index (χ1n) is 13.2. The van der Waals surface area contributed by atoms with Crippen LogP contribution in [0.3, 0.4) is 0 Å². The van der Waals surface area contributed by atoms with Crippen molar-refractivity contribution in [3.8, 4) is 0 Å². The Morgan fingerprint density at radius 2 is 1.76 bits per heavy atom. The molecule has 9 heteroatoms. The van der Waals surface area contributed by atoms with Gasteiger partial charge in [0, 0.05) is 18.3 Å². The van der Waals surface area contributed by atoms with E-state index in [9.17, 15) is 14.4 Å². The number of carbonyl (C=O) groups excluding carboxylic acids is 3. The SMILES string of the molecule is O=C(Nc1ccc(Cl)c(Cl)c1)[C@@H]1[C@@H]2C=C[C@]3(O2)[C@@H]1C(=O)N(Cc1ccccc1)[C@@H]3C(=O)NC1CCCCC1. The minimum absolute atomic E-state index is 0.0803. The summed E-state index contributed by atoms with van der Waals surface area (Å²) in [7, 11) is 0. The fraction of sp³-hybridized carbons (Fsp3) is 0.414. The first-order chi connectivity index (χ1) is 18.4. The minimum atomic E-state index is -1.20. The number of halogens is 2. The first-order valence-corrected chi connectivity index (χ1v) is 13.9. The van der Waals surface area contributed by atoms with Crippen LogP contribution in [0.5, 0.6) is 0 Å². The number of benzene rings is 2. The smallest absolute Gasteiger partial charge is 0.246 e. The first kappa shape index (κ1) is 25.4. The Morgan fingerprint density at radius 3 is 2.50 bits per heavy atom. The average Bonchev–Trinajstić information content (AvgIpc) is 3.55. The van der Waals surface area contributed by atoms with Crippen molar-refractivity contribution in [2.75, 3.05) is 5.32 Å². The number of carbonyl (C=O) groups is 3. The van der Waals surface area contributed by atoms with Crippen molar-refractivity contribution in [3.05, 3.63) is 76.3 Å². The normalized spacial score (nSPS) is 29.9. The molecule has 5 atom stereocenters. The predicted octanol–water partition coefficient (Wildman–Crippen LogP) is 4.73. The molecule has 3 aliphatic heterocycles. The van der Waals surface area contributed by atoms with Gasteiger partial charge in [-0.05, 0) is 36.6 Å². The number of anilines is 1. The number of rotatable bonds is 6. The fourth-order valence-electron chi connectivity index (χ4n) is 6.54. The molecule has 38 heavy (non-hydrogen) atoms. The lowest BCUT2D eigenvalue weighted by atomic mass is 9.74. The summed E-state index contributed by atoms with van der Waals surface area (Å²) >= 11 is 12.2. The van der Waals surface area contributed by atoms with Crippen molar-refractivity contribution in [2.24, 2.45) is 11.8 Å². The molecule has 1 spiro atoms. The summed E-state index contributed by atoms with van der Waals surface area (Å²) < 4.78 is 6.42.